The van der Waals surface area contributed by atoms with Crippen molar-refractivity contribution >= 4 is 0 Å². The Kier molecular flexibility index (Phi) is 186. The van der Waals surface area contributed by atoms with E-state index in [9.17, 15) is 5.26 Å². The molecule has 0 spiro atoms. The molecule has 0 amide bonds. The van der Waals surface area contributed by atoms with Crippen molar-refractivity contribution < 1.29 is 501 Å². The Labute approximate surface area is 638 Å². The first kappa shape index (κ1) is 101. The zero-order valence-corrected chi connectivity index (χ0v) is 68.5. The molecule has 197 valence electrons. The van der Waals surface area contributed by atoms with E-state index in [1.165, 1.54) is 0 Å². The van der Waals surface area contributed by atoms with Gasteiger partial charge in [-0.15, -0.1) is 0 Å². The van der Waals surface area contributed by atoms with Crippen LogP contribution in [0.5, 0.6) is 0 Å². The van der Waals surface area contributed by atoms with Crippen molar-refractivity contribution in [1.29, 1.82) is 0 Å². The maximum Gasteiger partial charge on any atom is 0.0381 e. The summed E-state index contributed by atoms with van der Waals surface area (Å²) in [5, 5.41) is 10.6. The second-order valence-corrected chi connectivity index (χ2v) is 7.05. The minimum absolute atomic E-state index is 0. The summed E-state index contributed by atoms with van der Waals surface area (Å²) in [5.74, 6) is 0.552. The van der Waals surface area contributed by atoms with Crippen molar-refractivity contribution in [1.82, 2.24) is 0 Å². The molecule has 0 N–H and O–H groups in total. The summed E-state index contributed by atoms with van der Waals surface area (Å²) in [6, 6.07) is 0. The quantitative estimate of drug-likeness (QED) is 0.0948. The normalized spacial score (nSPS) is 16.7. The predicted octanol–water partition coefficient (Wildman–Crippen LogP) is 5.45. The Morgan fingerprint density at radius 1 is 0.571 bits per heavy atom. The topological polar surface area (TPSA) is 32.3 Å². The molecule has 1 rings (SSSR count). The maximum absolute atomic E-state index is 10.6. The van der Waals surface area contributed by atoms with E-state index in [0.717, 1.165) is 51.4 Å². The molecule has 0 aromatic heterocycles. The van der Waals surface area contributed by atoms with Crippen LogP contribution in [0.4, 0.5) is 0 Å². The standard InChI is InChI=1S/C25H35O2.15Y/c1-4-6-8-10-12-13-14-15-16-18-20-23-24(22-27-26)25(23,3)21-19-17-11-9-7-5-2;;;;;;;;;;;;;;;/h8-9,14,20-21,23-24,26H,4-5,10-12,15-17,22H2,1-3H3;;;;;;;;;;;;;;;/q-5;;;;;;;;;;;;;;;/p-1. The molecule has 0 aliphatic heterocycles. The van der Waals surface area contributed by atoms with Gasteiger partial charge < -0.3 is 40.5 Å². The summed E-state index contributed by atoms with van der Waals surface area (Å²) >= 11 is 0. The zero-order chi connectivity index (χ0) is 19.8. The fraction of sp³-hybridized carbons (Fsp3) is 0.600. The van der Waals surface area contributed by atoms with Gasteiger partial charge >= 0.3 is 0 Å². The van der Waals surface area contributed by atoms with Crippen LogP contribution in [0, 0.1) is 47.6 Å². The molecular formula is C25H34O2Y15-6. The third kappa shape index (κ3) is 57.3. The number of hydrogen-bond donors (Lipinski definition) is 0. The van der Waals surface area contributed by atoms with Gasteiger partial charge in [0.05, 0.1) is 0 Å². The Hall–Kier alpha value is 15.2. The van der Waals surface area contributed by atoms with Crippen molar-refractivity contribution in [2.75, 3.05) is 6.61 Å². The van der Waals surface area contributed by atoms with Crippen molar-refractivity contribution in [2.45, 2.75) is 72.1 Å². The van der Waals surface area contributed by atoms with Crippen LogP contribution in [-0.4, -0.2) is 6.61 Å². The van der Waals surface area contributed by atoms with Crippen LogP contribution in [0.3, 0.4) is 0 Å². The minimum atomic E-state index is -0.0281. The van der Waals surface area contributed by atoms with Crippen molar-refractivity contribution in [3.8, 4) is 0 Å². The van der Waals surface area contributed by atoms with Gasteiger partial charge in [-0.1, -0.05) is 40.0 Å². The SMILES string of the molecule is CC[C-]=CCC[C-]=CCC[C-]=CC1C(CO[O-])C1(C)C=[C-]CCC=[C-]CC.[Y].[Y].[Y].[Y].[Y].[Y].[Y].[Y].[Y].[Y].[Y].[Y].[Y].[Y].[Y]. The fourth-order valence-electron chi connectivity index (χ4n) is 3.18. The molecule has 15 radical (unpaired) electrons. The van der Waals surface area contributed by atoms with E-state index < -0.39 is 0 Å². The summed E-state index contributed by atoms with van der Waals surface area (Å²) < 4.78 is 0. The average Bonchev–Trinajstić information content (AvgIpc) is 3.22. The largest absolute Gasteiger partial charge is 0.723 e. The monoisotopic (exact) mass is 1700 g/mol. The third-order valence-electron chi connectivity index (χ3n) is 4.94. The van der Waals surface area contributed by atoms with E-state index in [4.69, 9.17) is 0 Å². The first-order valence-electron chi connectivity index (χ1n) is 10.2. The average molecular weight is 1700 g/mol. The first-order valence-corrected chi connectivity index (χ1v) is 10.2. The Morgan fingerprint density at radius 2 is 0.929 bits per heavy atom. The van der Waals surface area contributed by atoms with Gasteiger partial charge in [-0.2, -0.15) is 32.1 Å². The van der Waals surface area contributed by atoms with Gasteiger partial charge in [-0.05, 0) is 17.3 Å². The van der Waals surface area contributed by atoms with Crippen LogP contribution in [0.25, 0.3) is 0 Å². The number of rotatable bonds is 15. The molecule has 0 bridgehead atoms. The van der Waals surface area contributed by atoms with Gasteiger partial charge in [0.25, 0.3) is 0 Å². The molecule has 17 heteroatoms. The van der Waals surface area contributed by atoms with Crippen molar-refractivity contribution in [2.24, 2.45) is 17.3 Å². The molecule has 1 aliphatic rings. The number of unbranched alkanes of at least 4 members (excludes halogenated alkanes) is 3. The number of allylic oxidation sites excluding steroid dienone is 10. The molecule has 42 heavy (non-hydrogen) atoms. The van der Waals surface area contributed by atoms with Crippen LogP contribution in [0.2, 0.25) is 0 Å². The van der Waals surface area contributed by atoms with Crippen molar-refractivity contribution in [3.05, 3.63) is 60.8 Å². The van der Waals surface area contributed by atoms with Gasteiger partial charge in [0.2, 0.25) is 0 Å². The fourth-order valence-corrected chi connectivity index (χ4v) is 3.18. The van der Waals surface area contributed by atoms with Crippen LogP contribution in [0.1, 0.15) is 72.1 Å². The summed E-state index contributed by atoms with van der Waals surface area (Å²) in [5.41, 5.74) is -0.0281. The van der Waals surface area contributed by atoms with Crippen LogP contribution in [0.15, 0.2) is 30.4 Å². The van der Waals surface area contributed by atoms with E-state index in [-0.39, 0.29) is 509 Å². The molecule has 0 aromatic rings. The van der Waals surface area contributed by atoms with Crippen LogP contribution < -0.4 is 5.26 Å². The van der Waals surface area contributed by atoms with E-state index in [1.54, 1.807) is 0 Å². The van der Waals surface area contributed by atoms with Crippen LogP contribution >= 0.6 is 0 Å². The molecule has 2 nitrogen and oxygen atoms in total. The minimum Gasteiger partial charge on any atom is -0.723 e. The van der Waals surface area contributed by atoms with E-state index in [2.05, 4.69) is 86.4 Å². The maximum atomic E-state index is 10.6. The zero-order valence-electron chi connectivity index (χ0n) is 25.9. The molecule has 1 saturated carbocycles. The van der Waals surface area contributed by atoms with Gasteiger partial charge in [0.15, 0.2) is 0 Å². The Balaban J connectivity index is -0.0000000374. The van der Waals surface area contributed by atoms with E-state index in [1.807, 2.05) is 0 Å². The van der Waals surface area contributed by atoms with Gasteiger partial charge in [0.1, 0.15) is 0 Å². The summed E-state index contributed by atoms with van der Waals surface area (Å²) in [7, 11) is 0. The summed E-state index contributed by atoms with van der Waals surface area (Å²) in [6.07, 6.45) is 34.5. The second-order valence-electron chi connectivity index (χ2n) is 7.05. The van der Waals surface area contributed by atoms with E-state index >= 15 is 0 Å². The molecular weight excluding hydrogens is 1670 g/mol. The molecule has 0 heterocycles. The molecule has 0 saturated heterocycles. The second kappa shape index (κ2) is 76.8. The molecule has 3 atom stereocenters. The molecule has 0 aromatic carbocycles. The Bertz CT molecular complexity index is 552. The Morgan fingerprint density at radius 3 is 1.31 bits per heavy atom. The molecule has 1 fully saturated rings. The van der Waals surface area contributed by atoms with Gasteiger partial charge in [-0.25, -0.2) is 0 Å². The van der Waals surface area contributed by atoms with Crippen LogP contribution in [-0.2, 0) is 496 Å². The van der Waals surface area contributed by atoms with Gasteiger partial charge in [-0.3, -0.25) is 30.4 Å². The molecule has 3 unspecified atom stereocenters. The third-order valence-corrected chi connectivity index (χ3v) is 4.94. The first-order chi connectivity index (χ1) is 13.2. The summed E-state index contributed by atoms with van der Waals surface area (Å²) in [6.45, 7) is 6.60. The summed E-state index contributed by atoms with van der Waals surface area (Å²) in [4.78, 5) is 4.16. The molecule has 1 aliphatic carbocycles. The van der Waals surface area contributed by atoms with Crippen molar-refractivity contribution in [3.63, 3.8) is 0 Å². The van der Waals surface area contributed by atoms with E-state index in [0.29, 0.717) is 5.92 Å². The predicted molar refractivity (Wildman–Crippen MR) is 108 cm³/mol. The number of hydrogen-bond acceptors (Lipinski definition) is 2. The smallest absolute Gasteiger partial charge is 0.0381 e. The van der Waals surface area contributed by atoms with Gasteiger partial charge in [0, 0.05) is 497 Å².